The third-order valence-electron chi connectivity index (χ3n) is 4.03. The van der Waals surface area contributed by atoms with Gasteiger partial charge < -0.3 is 10.0 Å². The molecule has 1 N–H and O–H groups in total. The van der Waals surface area contributed by atoms with E-state index in [9.17, 15) is 9.90 Å². The third-order valence-corrected chi connectivity index (χ3v) is 4.03. The lowest BCUT2D eigenvalue weighted by atomic mass is 9.72. The Kier molecular flexibility index (Phi) is 5.02. The molecule has 0 saturated carbocycles. The Morgan fingerprint density at radius 2 is 1.39 bits per heavy atom. The third kappa shape index (κ3) is 3.20. The summed E-state index contributed by atoms with van der Waals surface area (Å²) >= 11 is 0. The van der Waals surface area contributed by atoms with Crippen molar-refractivity contribution in [2.75, 3.05) is 14.1 Å². The summed E-state index contributed by atoms with van der Waals surface area (Å²) in [6, 6.07) is 18.6. The van der Waals surface area contributed by atoms with Crippen molar-refractivity contribution in [1.82, 2.24) is 4.90 Å². The zero-order valence-electron chi connectivity index (χ0n) is 13.9. The molecule has 0 aliphatic heterocycles. The molecule has 2 aromatic rings. The lowest BCUT2D eigenvalue weighted by molar-refractivity contribution is -0.138. The van der Waals surface area contributed by atoms with Crippen LogP contribution in [0, 0.1) is 5.92 Å². The smallest absolute Gasteiger partial charge is 0.232 e. The molecule has 0 bridgehead atoms. The van der Waals surface area contributed by atoms with E-state index in [-0.39, 0.29) is 5.91 Å². The zero-order valence-corrected chi connectivity index (χ0v) is 13.9. The maximum Gasteiger partial charge on any atom is 0.232 e. The quantitative estimate of drug-likeness (QED) is 0.862. The fourth-order valence-corrected chi connectivity index (χ4v) is 2.89. The van der Waals surface area contributed by atoms with E-state index in [2.05, 4.69) is 6.58 Å². The Morgan fingerprint density at radius 1 is 1.00 bits per heavy atom. The van der Waals surface area contributed by atoms with Gasteiger partial charge in [0.15, 0.2) is 0 Å². The van der Waals surface area contributed by atoms with Crippen LogP contribution in [0.1, 0.15) is 18.1 Å². The van der Waals surface area contributed by atoms with Gasteiger partial charge in [-0.3, -0.25) is 4.79 Å². The van der Waals surface area contributed by atoms with E-state index < -0.39 is 11.5 Å². The molecule has 3 nitrogen and oxygen atoms in total. The predicted molar refractivity (Wildman–Crippen MR) is 92.9 cm³/mol. The van der Waals surface area contributed by atoms with Crippen molar-refractivity contribution in [1.29, 1.82) is 0 Å². The van der Waals surface area contributed by atoms with Gasteiger partial charge in [0.2, 0.25) is 5.91 Å². The molecule has 2 aromatic carbocycles. The topological polar surface area (TPSA) is 40.5 Å². The summed E-state index contributed by atoms with van der Waals surface area (Å²) in [5.74, 6) is -0.935. The minimum Gasteiger partial charge on any atom is -0.379 e. The molecule has 120 valence electrons. The Morgan fingerprint density at radius 3 is 1.70 bits per heavy atom. The monoisotopic (exact) mass is 309 g/mol. The van der Waals surface area contributed by atoms with Crippen molar-refractivity contribution in [3.05, 3.63) is 83.9 Å². The fourth-order valence-electron chi connectivity index (χ4n) is 2.89. The van der Waals surface area contributed by atoms with Gasteiger partial charge in [0, 0.05) is 14.1 Å². The number of benzene rings is 2. The molecule has 1 atom stereocenters. The summed E-state index contributed by atoms with van der Waals surface area (Å²) in [5, 5.41) is 11.7. The van der Waals surface area contributed by atoms with Crippen molar-refractivity contribution < 1.29 is 9.90 Å². The van der Waals surface area contributed by atoms with Crippen molar-refractivity contribution in [3.63, 3.8) is 0 Å². The lowest BCUT2D eigenvalue weighted by Gasteiger charge is -2.38. The first-order valence-corrected chi connectivity index (χ1v) is 7.59. The van der Waals surface area contributed by atoms with E-state index in [1.165, 1.54) is 4.90 Å². The van der Waals surface area contributed by atoms with E-state index in [1.54, 1.807) is 21.0 Å². The molecule has 0 spiro atoms. The molecule has 0 aliphatic carbocycles. The van der Waals surface area contributed by atoms with E-state index in [4.69, 9.17) is 0 Å². The number of hydrogen-bond donors (Lipinski definition) is 1. The Hall–Kier alpha value is -2.39. The van der Waals surface area contributed by atoms with Crippen LogP contribution in [-0.4, -0.2) is 30.0 Å². The van der Waals surface area contributed by atoms with Crippen LogP contribution in [-0.2, 0) is 10.4 Å². The molecule has 2 rings (SSSR count). The number of carbonyl (C=O) groups excluding carboxylic acids is 1. The molecule has 3 heteroatoms. The van der Waals surface area contributed by atoms with Crippen LogP contribution >= 0.6 is 0 Å². The first-order chi connectivity index (χ1) is 10.9. The van der Waals surface area contributed by atoms with Crippen molar-refractivity contribution in [2.45, 2.75) is 12.5 Å². The van der Waals surface area contributed by atoms with E-state index in [0.717, 1.165) is 0 Å². The molecule has 1 amide bonds. The highest BCUT2D eigenvalue weighted by Crippen LogP contribution is 2.40. The Bertz CT molecular complexity index is 638. The van der Waals surface area contributed by atoms with Crippen molar-refractivity contribution >= 4 is 5.91 Å². The summed E-state index contributed by atoms with van der Waals surface area (Å²) in [6.07, 6.45) is 0. The minimum atomic E-state index is -1.46. The Balaban J connectivity index is 2.71. The molecular weight excluding hydrogens is 286 g/mol. The van der Waals surface area contributed by atoms with Gasteiger partial charge in [0.1, 0.15) is 5.60 Å². The second-order valence-electron chi connectivity index (χ2n) is 6.01. The molecule has 0 aromatic heterocycles. The second kappa shape index (κ2) is 6.80. The largest absolute Gasteiger partial charge is 0.379 e. The van der Waals surface area contributed by atoms with Gasteiger partial charge in [-0.2, -0.15) is 0 Å². The van der Waals surface area contributed by atoms with Crippen LogP contribution < -0.4 is 0 Å². The van der Waals surface area contributed by atoms with Gasteiger partial charge in [-0.1, -0.05) is 72.8 Å². The molecule has 0 saturated heterocycles. The van der Waals surface area contributed by atoms with Gasteiger partial charge >= 0.3 is 0 Å². The normalized spacial score (nSPS) is 12.5. The van der Waals surface area contributed by atoms with Crippen LogP contribution in [0.4, 0.5) is 0 Å². The predicted octanol–water partition coefficient (Wildman–Crippen LogP) is 3.20. The summed E-state index contributed by atoms with van der Waals surface area (Å²) in [5.41, 5.74) is 0.512. The van der Waals surface area contributed by atoms with Crippen LogP contribution in [0.25, 0.3) is 0 Å². The molecule has 0 heterocycles. The van der Waals surface area contributed by atoms with E-state index in [1.807, 2.05) is 60.7 Å². The van der Waals surface area contributed by atoms with Crippen LogP contribution in [0.15, 0.2) is 72.8 Å². The lowest BCUT2D eigenvalue weighted by Crippen LogP contribution is -2.46. The SMILES string of the molecule is C=C(C)C(C(=O)N(C)C)C(O)(c1ccccc1)c1ccccc1. The summed E-state index contributed by atoms with van der Waals surface area (Å²) in [6.45, 7) is 5.75. The number of carbonyl (C=O) groups is 1. The fraction of sp³-hybridized carbons (Fsp3) is 0.250. The highest BCUT2D eigenvalue weighted by atomic mass is 16.3. The Labute approximate surface area is 137 Å². The van der Waals surface area contributed by atoms with Crippen molar-refractivity contribution in [3.8, 4) is 0 Å². The van der Waals surface area contributed by atoms with Gasteiger partial charge in [-0.15, -0.1) is 0 Å². The highest BCUT2D eigenvalue weighted by molar-refractivity contribution is 5.83. The van der Waals surface area contributed by atoms with Crippen molar-refractivity contribution in [2.24, 2.45) is 5.92 Å². The van der Waals surface area contributed by atoms with Gasteiger partial charge in [0.25, 0.3) is 0 Å². The minimum absolute atomic E-state index is 0.173. The average Bonchev–Trinajstić information content (AvgIpc) is 2.56. The number of aliphatic hydroxyl groups is 1. The number of hydrogen-bond acceptors (Lipinski definition) is 2. The summed E-state index contributed by atoms with van der Waals surface area (Å²) in [4.78, 5) is 14.3. The van der Waals surface area contributed by atoms with Crippen LogP contribution in [0.2, 0.25) is 0 Å². The molecule has 0 radical (unpaired) electrons. The van der Waals surface area contributed by atoms with Gasteiger partial charge in [-0.25, -0.2) is 0 Å². The maximum atomic E-state index is 12.8. The highest BCUT2D eigenvalue weighted by Gasteiger charge is 2.45. The molecule has 0 aliphatic rings. The summed E-state index contributed by atoms with van der Waals surface area (Å²) in [7, 11) is 3.38. The molecule has 1 unspecified atom stereocenters. The molecule has 0 fully saturated rings. The maximum absolute atomic E-state index is 12.8. The first kappa shape index (κ1) is 17.0. The number of rotatable bonds is 5. The van der Waals surface area contributed by atoms with E-state index >= 15 is 0 Å². The average molecular weight is 309 g/mol. The van der Waals surface area contributed by atoms with Crippen LogP contribution in [0.3, 0.4) is 0 Å². The standard InChI is InChI=1S/C20H23NO2/c1-15(2)18(19(22)21(3)4)20(23,16-11-7-5-8-12-16)17-13-9-6-10-14-17/h5-14,18,23H,1H2,2-4H3. The van der Waals surface area contributed by atoms with E-state index in [0.29, 0.717) is 16.7 Å². The van der Waals surface area contributed by atoms with Gasteiger partial charge in [-0.05, 0) is 18.1 Å². The van der Waals surface area contributed by atoms with Gasteiger partial charge in [0.05, 0.1) is 5.92 Å². The number of amides is 1. The zero-order chi connectivity index (χ0) is 17.0. The first-order valence-electron chi connectivity index (χ1n) is 7.59. The molecule has 23 heavy (non-hydrogen) atoms. The second-order valence-corrected chi connectivity index (χ2v) is 6.01. The molecular formula is C20H23NO2. The summed E-state index contributed by atoms with van der Waals surface area (Å²) < 4.78 is 0. The van der Waals surface area contributed by atoms with Crippen LogP contribution in [0.5, 0.6) is 0 Å². The number of nitrogens with zero attached hydrogens (tertiary/aromatic N) is 1.